The summed E-state index contributed by atoms with van der Waals surface area (Å²) in [6.07, 6.45) is -0.472. The standard InChI is InChI=1S/C21H26ClN3O2/c22-19-8-6-17(7-9-19)14-23-21(27)16-25-12-10-24(11-13-25)15-20(26)18-4-2-1-3-5-18/h1-9,20,26H,10-16H2,(H,23,27). The molecular weight excluding hydrogens is 362 g/mol. The number of amides is 1. The van der Waals surface area contributed by atoms with Gasteiger partial charge in [-0.1, -0.05) is 54.1 Å². The second-order valence-corrected chi connectivity index (χ2v) is 7.34. The molecule has 0 saturated carbocycles. The topological polar surface area (TPSA) is 55.8 Å². The number of piperazine rings is 1. The fraction of sp³-hybridized carbons (Fsp3) is 0.381. The Balaban J connectivity index is 1.36. The summed E-state index contributed by atoms with van der Waals surface area (Å²) in [7, 11) is 0. The summed E-state index contributed by atoms with van der Waals surface area (Å²) in [6.45, 7) is 4.91. The summed E-state index contributed by atoms with van der Waals surface area (Å²) in [5, 5.41) is 14.0. The Bertz CT molecular complexity index is 716. The van der Waals surface area contributed by atoms with E-state index in [-0.39, 0.29) is 5.91 Å². The van der Waals surface area contributed by atoms with Crippen LogP contribution in [0.25, 0.3) is 0 Å². The largest absolute Gasteiger partial charge is 0.387 e. The van der Waals surface area contributed by atoms with E-state index < -0.39 is 6.10 Å². The lowest BCUT2D eigenvalue weighted by Crippen LogP contribution is -2.50. The van der Waals surface area contributed by atoms with E-state index in [0.717, 1.165) is 37.3 Å². The van der Waals surface area contributed by atoms with Crippen molar-refractivity contribution in [3.05, 3.63) is 70.7 Å². The van der Waals surface area contributed by atoms with Gasteiger partial charge in [-0.25, -0.2) is 0 Å². The first kappa shape index (κ1) is 19.8. The zero-order chi connectivity index (χ0) is 19.1. The van der Waals surface area contributed by atoms with Crippen LogP contribution < -0.4 is 5.32 Å². The Labute approximate surface area is 165 Å². The number of aliphatic hydroxyl groups excluding tert-OH is 1. The predicted molar refractivity (Wildman–Crippen MR) is 108 cm³/mol. The summed E-state index contributed by atoms with van der Waals surface area (Å²) < 4.78 is 0. The van der Waals surface area contributed by atoms with Crippen molar-refractivity contribution in [2.75, 3.05) is 39.3 Å². The molecule has 3 rings (SSSR count). The molecule has 2 aromatic rings. The van der Waals surface area contributed by atoms with E-state index in [1.165, 1.54) is 0 Å². The molecule has 0 radical (unpaired) electrons. The minimum atomic E-state index is -0.472. The van der Waals surface area contributed by atoms with Crippen LogP contribution in [0.5, 0.6) is 0 Å². The van der Waals surface area contributed by atoms with Crippen molar-refractivity contribution in [2.24, 2.45) is 0 Å². The second-order valence-electron chi connectivity index (χ2n) is 6.91. The van der Waals surface area contributed by atoms with Crippen LogP contribution in [0.15, 0.2) is 54.6 Å². The Morgan fingerprint density at radius 1 is 1.00 bits per heavy atom. The van der Waals surface area contributed by atoms with Gasteiger partial charge in [0.25, 0.3) is 0 Å². The Morgan fingerprint density at radius 3 is 2.30 bits per heavy atom. The van der Waals surface area contributed by atoms with Gasteiger partial charge < -0.3 is 10.4 Å². The zero-order valence-electron chi connectivity index (χ0n) is 15.4. The molecule has 0 spiro atoms. The van der Waals surface area contributed by atoms with Gasteiger partial charge in [0.05, 0.1) is 12.6 Å². The first-order chi connectivity index (χ1) is 13.1. The van der Waals surface area contributed by atoms with Crippen molar-refractivity contribution in [1.29, 1.82) is 0 Å². The fourth-order valence-electron chi connectivity index (χ4n) is 3.22. The van der Waals surface area contributed by atoms with Gasteiger partial charge in [0.15, 0.2) is 0 Å². The van der Waals surface area contributed by atoms with Gasteiger partial charge >= 0.3 is 0 Å². The molecule has 1 heterocycles. The average Bonchev–Trinajstić information content (AvgIpc) is 2.70. The van der Waals surface area contributed by atoms with Crippen LogP contribution in [0.4, 0.5) is 0 Å². The summed E-state index contributed by atoms with van der Waals surface area (Å²) >= 11 is 5.87. The number of rotatable bonds is 7. The van der Waals surface area contributed by atoms with Crippen molar-refractivity contribution in [3.63, 3.8) is 0 Å². The van der Waals surface area contributed by atoms with Gasteiger partial charge in [-0.3, -0.25) is 14.6 Å². The highest BCUT2D eigenvalue weighted by molar-refractivity contribution is 6.30. The van der Waals surface area contributed by atoms with Crippen LogP contribution in [0, 0.1) is 0 Å². The molecule has 1 aliphatic rings. The Morgan fingerprint density at radius 2 is 1.63 bits per heavy atom. The van der Waals surface area contributed by atoms with Gasteiger partial charge in [-0.05, 0) is 23.3 Å². The number of hydrogen-bond donors (Lipinski definition) is 2. The number of aliphatic hydroxyl groups is 1. The van der Waals surface area contributed by atoms with E-state index in [9.17, 15) is 9.90 Å². The Kier molecular flexibility index (Phi) is 7.24. The number of nitrogens with zero attached hydrogens (tertiary/aromatic N) is 2. The molecule has 2 N–H and O–H groups in total. The van der Waals surface area contributed by atoms with E-state index in [2.05, 4.69) is 15.1 Å². The molecule has 1 aliphatic heterocycles. The summed E-state index contributed by atoms with van der Waals surface area (Å²) in [6, 6.07) is 17.2. The van der Waals surface area contributed by atoms with Gasteiger partial charge in [0.2, 0.25) is 5.91 Å². The zero-order valence-corrected chi connectivity index (χ0v) is 16.1. The second kappa shape index (κ2) is 9.85. The van der Waals surface area contributed by atoms with Crippen molar-refractivity contribution in [1.82, 2.24) is 15.1 Å². The van der Waals surface area contributed by atoms with Crippen molar-refractivity contribution in [3.8, 4) is 0 Å². The minimum Gasteiger partial charge on any atom is -0.387 e. The third kappa shape index (κ3) is 6.33. The summed E-state index contributed by atoms with van der Waals surface area (Å²) in [5.74, 6) is 0.0303. The van der Waals surface area contributed by atoms with Crippen LogP contribution in [-0.4, -0.2) is 60.1 Å². The van der Waals surface area contributed by atoms with Crippen molar-refractivity contribution >= 4 is 17.5 Å². The van der Waals surface area contributed by atoms with Gasteiger partial charge in [0.1, 0.15) is 0 Å². The van der Waals surface area contributed by atoms with E-state index in [1.54, 1.807) is 0 Å². The third-order valence-corrected chi connectivity index (χ3v) is 5.10. The highest BCUT2D eigenvalue weighted by Crippen LogP contribution is 2.15. The number of carbonyl (C=O) groups excluding carboxylic acids is 1. The molecule has 0 aromatic heterocycles. The summed E-state index contributed by atoms with van der Waals surface area (Å²) in [4.78, 5) is 16.6. The SMILES string of the molecule is O=C(CN1CCN(CC(O)c2ccccc2)CC1)NCc1ccc(Cl)cc1. The molecule has 1 amide bonds. The quantitative estimate of drug-likeness (QED) is 0.765. The highest BCUT2D eigenvalue weighted by Gasteiger charge is 2.21. The molecule has 27 heavy (non-hydrogen) atoms. The first-order valence-electron chi connectivity index (χ1n) is 9.29. The number of hydrogen-bond acceptors (Lipinski definition) is 4. The van der Waals surface area contributed by atoms with Crippen molar-refractivity contribution in [2.45, 2.75) is 12.6 Å². The molecule has 1 atom stereocenters. The smallest absolute Gasteiger partial charge is 0.234 e. The molecular formula is C21H26ClN3O2. The molecule has 1 unspecified atom stereocenters. The number of nitrogens with one attached hydrogen (secondary N) is 1. The molecule has 6 heteroatoms. The minimum absolute atomic E-state index is 0.0303. The van der Waals surface area contributed by atoms with Gasteiger partial charge in [-0.2, -0.15) is 0 Å². The normalized spacial score (nSPS) is 16.8. The molecule has 1 saturated heterocycles. The predicted octanol–water partition coefficient (Wildman–Crippen LogP) is 2.31. The number of β-amino-alcohol motifs (C(OH)–C–C–N with tert-alkyl or cyclic N) is 1. The number of carbonyl (C=O) groups is 1. The molecule has 0 bridgehead atoms. The monoisotopic (exact) mass is 387 g/mol. The lowest BCUT2D eigenvalue weighted by atomic mass is 10.1. The van der Waals surface area contributed by atoms with Crippen LogP contribution in [0.2, 0.25) is 5.02 Å². The maximum atomic E-state index is 12.2. The lowest BCUT2D eigenvalue weighted by Gasteiger charge is -2.35. The third-order valence-electron chi connectivity index (χ3n) is 4.85. The average molecular weight is 388 g/mol. The molecule has 0 aliphatic carbocycles. The maximum absolute atomic E-state index is 12.2. The Hall–Kier alpha value is -1.92. The van der Waals surface area contributed by atoms with Gasteiger partial charge in [-0.15, -0.1) is 0 Å². The maximum Gasteiger partial charge on any atom is 0.234 e. The molecule has 144 valence electrons. The number of benzene rings is 2. The van der Waals surface area contributed by atoms with Crippen LogP contribution >= 0.6 is 11.6 Å². The molecule has 2 aromatic carbocycles. The van der Waals surface area contributed by atoms with Crippen LogP contribution in [0.3, 0.4) is 0 Å². The van der Waals surface area contributed by atoms with E-state index in [4.69, 9.17) is 11.6 Å². The van der Waals surface area contributed by atoms with E-state index >= 15 is 0 Å². The molecule has 5 nitrogen and oxygen atoms in total. The van der Waals surface area contributed by atoms with Crippen LogP contribution in [0.1, 0.15) is 17.2 Å². The number of halogens is 1. The van der Waals surface area contributed by atoms with Gasteiger partial charge in [0, 0.05) is 44.3 Å². The highest BCUT2D eigenvalue weighted by atomic mass is 35.5. The van der Waals surface area contributed by atoms with Crippen LogP contribution in [-0.2, 0) is 11.3 Å². The first-order valence-corrected chi connectivity index (χ1v) is 9.67. The lowest BCUT2D eigenvalue weighted by molar-refractivity contribution is -0.122. The molecule has 1 fully saturated rings. The fourth-order valence-corrected chi connectivity index (χ4v) is 3.34. The van der Waals surface area contributed by atoms with Crippen molar-refractivity contribution < 1.29 is 9.90 Å². The van der Waals surface area contributed by atoms with E-state index in [0.29, 0.717) is 24.7 Å². The summed E-state index contributed by atoms with van der Waals surface area (Å²) in [5.41, 5.74) is 1.98. The van der Waals surface area contributed by atoms with E-state index in [1.807, 2.05) is 54.6 Å².